The Bertz CT molecular complexity index is 1070. The van der Waals surface area contributed by atoms with Crippen molar-refractivity contribution in [2.24, 2.45) is 11.8 Å². The summed E-state index contributed by atoms with van der Waals surface area (Å²) in [4.78, 5) is 32.5. The van der Waals surface area contributed by atoms with Crippen LogP contribution in [0.4, 0.5) is 5.69 Å². The number of Topliss-reactive ketones (excluding diaryl/α,β-unsaturated/α-hetero) is 1. The number of nitrogens with zero attached hydrogens (tertiary/aromatic N) is 1. The quantitative estimate of drug-likeness (QED) is 0.449. The number of ketones is 1. The number of aromatic amines is 1. The highest BCUT2D eigenvalue weighted by Crippen LogP contribution is 2.31. The lowest BCUT2D eigenvalue weighted by atomic mass is 9.80. The van der Waals surface area contributed by atoms with Crippen LogP contribution in [-0.2, 0) is 9.59 Å². The van der Waals surface area contributed by atoms with Gasteiger partial charge in [-0.25, -0.2) is 4.98 Å². The van der Waals surface area contributed by atoms with Gasteiger partial charge in [-0.05, 0) is 61.7 Å². The van der Waals surface area contributed by atoms with Gasteiger partial charge in [0.2, 0.25) is 5.91 Å². The van der Waals surface area contributed by atoms with Crippen molar-refractivity contribution in [3.8, 4) is 11.4 Å². The van der Waals surface area contributed by atoms with Crippen molar-refractivity contribution in [2.45, 2.75) is 51.9 Å². The lowest BCUT2D eigenvalue weighted by Gasteiger charge is -2.25. The van der Waals surface area contributed by atoms with E-state index in [0.29, 0.717) is 16.6 Å². The van der Waals surface area contributed by atoms with E-state index in [1.165, 1.54) is 32.1 Å². The normalized spacial score (nSPS) is 15.7. The Morgan fingerprint density at radius 3 is 2.58 bits per heavy atom. The van der Waals surface area contributed by atoms with Gasteiger partial charge in [0.25, 0.3) is 0 Å². The number of amides is 1. The van der Waals surface area contributed by atoms with Gasteiger partial charge >= 0.3 is 0 Å². The molecule has 1 amide bonds. The molecule has 1 aliphatic rings. The fraction of sp³-hybridized carbons (Fsp3) is 0.400. The molecule has 3 aromatic rings. The number of hydrogen-bond donors (Lipinski definition) is 2. The van der Waals surface area contributed by atoms with E-state index in [1.54, 1.807) is 6.92 Å². The number of rotatable bonds is 7. The van der Waals surface area contributed by atoms with Crippen LogP contribution in [-0.4, -0.2) is 21.7 Å². The second-order valence-corrected chi connectivity index (χ2v) is 9.06. The number of carbonyl (C=O) groups is 2. The number of fused-ring (bicyclic) bond motifs is 1. The van der Waals surface area contributed by atoms with Crippen molar-refractivity contribution in [1.29, 1.82) is 0 Å². The third kappa shape index (κ3) is 5.53. The highest BCUT2D eigenvalue weighted by atomic mass is 35.5. The summed E-state index contributed by atoms with van der Waals surface area (Å²) < 4.78 is 0. The van der Waals surface area contributed by atoms with Crippen molar-refractivity contribution >= 4 is 40.0 Å². The summed E-state index contributed by atoms with van der Waals surface area (Å²) in [6, 6.07) is 13.1. The molecule has 5 nitrogen and oxygen atoms in total. The summed E-state index contributed by atoms with van der Waals surface area (Å²) in [5.74, 6) is 1.14. The van der Waals surface area contributed by atoms with Gasteiger partial charge in [-0.15, -0.1) is 0 Å². The molecule has 1 saturated carbocycles. The van der Waals surface area contributed by atoms with Crippen LogP contribution in [0.25, 0.3) is 22.4 Å². The maximum Gasteiger partial charge on any atom is 0.225 e. The largest absolute Gasteiger partial charge is 0.338 e. The van der Waals surface area contributed by atoms with Crippen molar-refractivity contribution in [3.63, 3.8) is 0 Å². The molecular formula is C25H28ClN3O2. The zero-order valence-electron chi connectivity index (χ0n) is 17.8. The zero-order valence-corrected chi connectivity index (χ0v) is 18.5. The average molecular weight is 438 g/mol. The standard InChI is InChI=1S/C25H28ClN3O2/c1-16(30)19(13-17-5-3-2-4-6-17)14-24(31)27-21-10-7-18(8-11-21)25-28-22-12-9-20(26)15-23(22)29-25/h7-12,15,17,19H,2-6,13-14H2,1H3,(H,27,31)(H,28,29). The number of hydrogen-bond acceptors (Lipinski definition) is 3. The Hall–Kier alpha value is -2.66. The van der Waals surface area contributed by atoms with Crippen molar-refractivity contribution < 1.29 is 9.59 Å². The zero-order chi connectivity index (χ0) is 21.8. The number of imidazole rings is 1. The molecule has 1 fully saturated rings. The number of carbonyl (C=O) groups excluding carboxylic acids is 2. The minimum absolute atomic E-state index is 0.109. The first-order valence-electron chi connectivity index (χ1n) is 11.0. The maximum atomic E-state index is 12.6. The van der Waals surface area contributed by atoms with E-state index in [-0.39, 0.29) is 24.0 Å². The first-order valence-corrected chi connectivity index (χ1v) is 11.4. The number of H-pyrrole nitrogens is 1. The third-order valence-electron chi connectivity index (χ3n) is 6.24. The third-order valence-corrected chi connectivity index (χ3v) is 6.47. The van der Waals surface area contributed by atoms with Crippen molar-refractivity contribution in [3.05, 3.63) is 47.5 Å². The van der Waals surface area contributed by atoms with Crippen LogP contribution in [0, 0.1) is 11.8 Å². The molecule has 1 atom stereocenters. The minimum atomic E-state index is -0.190. The number of aromatic nitrogens is 2. The Morgan fingerprint density at radius 2 is 1.87 bits per heavy atom. The van der Waals surface area contributed by atoms with Crippen LogP contribution in [0.3, 0.4) is 0 Å². The second-order valence-electron chi connectivity index (χ2n) is 8.62. The van der Waals surface area contributed by atoms with Crippen molar-refractivity contribution in [2.75, 3.05) is 5.32 Å². The molecule has 1 aliphatic carbocycles. The van der Waals surface area contributed by atoms with Gasteiger partial charge in [-0.2, -0.15) is 0 Å². The topological polar surface area (TPSA) is 74.8 Å². The smallest absolute Gasteiger partial charge is 0.225 e. The Kier molecular flexibility index (Phi) is 6.71. The molecule has 0 radical (unpaired) electrons. The lowest BCUT2D eigenvalue weighted by molar-refractivity contribution is -0.126. The SMILES string of the molecule is CC(=O)C(CC(=O)Nc1ccc(-c2nc3ccc(Cl)cc3[nH]2)cc1)CC1CCCCC1. The number of anilines is 1. The summed E-state index contributed by atoms with van der Waals surface area (Å²) >= 11 is 6.04. The van der Waals surface area contributed by atoms with Crippen LogP contribution in [0.1, 0.15) is 51.9 Å². The Balaban J connectivity index is 1.38. The molecule has 2 N–H and O–H groups in total. The highest BCUT2D eigenvalue weighted by molar-refractivity contribution is 6.31. The van der Waals surface area contributed by atoms with Gasteiger partial charge < -0.3 is 10.3 Å². The Labute approximate surface area is 187 Å². The average Bonchev–Trinajstić information content (AvgIpc) is 3.17. The molecule has 0 saturated heterocycles. The molecule has 1 aromatic heterocycles. The predicted molar refractivity (Wildman–Crippen MR) is 125 cm³/mol. The van der Waals surface area contributed by atoms with E-state index in [4.69, 9.17) is 11.6 Å². The van der Waals surface area contributed by atoms with Crippen molar-refractivity contribution in [1.82, 2.24) is 9.97 Å². The van der Waals surface area contributed by atoms with E-state index in [2.05, 4.69) is 15.3 Å². The lowest BCUT2D eigenvalue weighted by Crippen LogP contribution is -2.24. The molecule has 1 unspecified atom stereocenters. The van der Waals surface area contributed by atoms with Gasteiger partial charge in [0, 0.05) is 28.6 Å². The van der Waals surface area contributed by atoms with E-state index in [9.17, 15) is 9.59 Å². The molecule has 31 heavy (non-hydrogen) atoms. The number of nitrogens with one attached hydrogen (secondary N) is 2. The summed E-state index contributed by atoms with van der Waals surface area (Å²) in [6.45, 7) is 1.61. The van der Waals surface area contributed by atoms with Gasteiger partial charge in [0.15, 0.2) is 0 Å². The maximum absolute atomic E-state index is 12.6. The van der Waals surface area contributed by atoms with Crippen LogP contribution in [0.5, 0.6) is 0 Å². The highest BCUT2D eigenvalue weighted by Gasteiger charge is 2.24. The van der Waals surface area contributed by atoms with Gasteiger partial charge in [-0.3, -0.25) is 9.59 Å². The van der Waals surface area contributed by atoms with Gasteiger partial charge in [0.05, 0.1) is 11.0 Å². The Morgan fingerprint density at radius 1 is 1.13 bits per heavy atom. The van der Waals surface area contributed by atoms with Gasteiger partial charge in [0.1, 0.15) is 11.6 Å². The summed E-state index contributed by atoms with van der Waals surface area (Å²) in [5.41, 5.74) is 3.37. The molecule has 0 bridgehead atoms. The first kappa shape index (κ1) is 21.6. The van der Waals surface area contributed by atoms with E-state index >= 15 is 0 Å². The van der Waals surface area contributed by atoms with Crippen LogP contribution < -0.4 is 5.32 Å². The fourth-order valence-electron chi connectivity index (χ4n) is 4.48. The summed E-state index contributed by atoms with van der Waals surface area (Å²) in [5, 5.41) is 3.60. The molecule has 4 rings (SSSR count). The van der Waals surface area contributed by atoms with E-state index in [0.717, 1.165) is 28.8 Å². The molecule has 1 heterocycles. The fourth-order valence-corrected chi connectivity index (χ4v) is 4.66. The number of halogens is 1. The van der Waals surface area contributed by atoms with Crippen LogP contribution >= 0.6 is 11.6 Å². The van der Waals surface area contributed by atoms with Crippen LogP contribution in [0.2, 0.25) is 5.02 Å². The molecule has 6 heteroatoms. The molecule has 2 aromatic carbocycles. The summed E-state index contributed by atoms with van der Waals surface area (Å²) in [6.07, 6.45) is 7.22. The molecule has 0 spiro atoms. The molecule has 0 aliphatic heterocycles. The van der Waals surface area contributed by atoms with Gasteiger partial charge in [-0.1, -0.05) is 43.7 Å². The molecular weight excluding hydrogens is 410 g/mol. The predicted octanol–water partition coefficient (Wildman–Crippen LogP) is 6.39. The second kappa shape index (κ2) is 9.65. The van der Waals surface area contributed by atoms with E-state index in [1.807, 2.05) is 42.5 Å². The van der Waals surface area contributed by atoms with E-state index < -0.39 is 0 Å². The first-order chi connectivity index (χ1) is 15.0. The van der Waals surface area contributed by atoms with Crippen LogP contribution in [0.15, 0.2) is 42.5 Å². The summed E-state index contributed by atoms with van der Waals surface area (Å²) in [7, 11) is 0. The molecule has 162 valence electrons. The minimum Gasteiger partial charge on any atom is -0.338 e. The number of benzene rings is 2. The monoisotopic (exact) mass is 437 g/mol.